The van der Waals surface area contributed by atoms with E-state index in [0.717, 1.165) is 24.2 Å². The third kappa shape index (κ3) is 1.75. The molecule has 74 valence electrons. The molecule has 5 heteroatoms. The van der Waals surface area contributed by atoms with Gasteiger partial charge < -0.3 is 9.90 Å². The minimum atomic E-state index is -0.530. The molecule has 2 fully saturated rings. The Bertz CT molecular complexity index is 206. The van der Waals surface area contributed by atoms with Crippen molar-refractivity contribution in [1.29, 1.82) is 0 Å². The zero-order valence-corrected chi connectivity index (χ0v) is 8.87. The third-order valence-electron chi connectivity index (χ3n) is 2.44. The summed E-state index contributed by atoms with van der Waals surface area (Å²) in [6, 6.07) is -0.159. The average molecular weight is 219 g/mol. The van der Waals surface area contributed by atoms with E-state index in [1.54, 1.807) is 23.5 Å². The Kier molecular flexibility index (Phi) is 2.88. The van der Waals surface area contributed by atoms with Crippen LogP contribution in [0.1, 0.15) is 12.8 Å². The highest BCUT2D eigenvalue weighted by molar-refractivity contribution is 8.18. The lowest BCUT2D eigenvalue weighted by atomic mass is 10.2. The van der Waals surface area contributed by atoms with Gasteiger partial charge >= 0.3 is 0 Å². The van der Waals surface area contributed by atoms with Crippen molar-refractivity contribution in [3.63, 3.8) is 0 Å². The van der Waals surface area contributed by atoms with Gasteiger partial charge in [0, 0.05) is 0 Å². The molecule has 0 saturated carbocycles. The predicted molar refractivity (Wildman–Crippen MR) is 55.9 cm³/mol. The fourth-order valence-electron chi connectivity index (χ4n) is 1.76. The molecule has 3 nitrogen and oxygen atoms in total. The van der Waals surface area contributed by atoms with Crippen LogP contribution in [-0.2, 0) is 4.79 Å². The molecule has 2 atom stereocenters. The van der Waals surface area contributed by atoms with E-state index in [2.05, 4.69) is 5.32 Å². The second kappa shape index (κ2) is 3.81. The molecule has 2 aliphatic rings. The summed E-state index contributed by atoms with van der Waals surface area (Å²) in [5.74, 6) is 2.19. The summed E-state index contributed by atoms with van der Waals surface area (Å²) in [6.07, 6.45) is 2.33. The van der Waals surface area contributed by atoms with Crippen LogP contribution < -0.4 is 5.32 Å². The van der Waals surface area contributed by atoms with Crippen molar-refractivity contribution in [2.75, 3.05) is 11.5 Å². The van der Waals surface area contributed by atoms with Crippen LogP contribution in [0, 0.1) is 0 Å². The van der Waals surface area contributed by atoms with Gasteiger partial charge in [0.1, 0.15) is 16.6 Å². The molecule has 0 aromatic heterocycles. The lowest BCUT2D eigenvalue weighted by molar-refractivity contribution is -0.109. The number of thioether (sulfide) groups is 2. The molecule has 1 unspecified atom stereocenters. The molecule has 2 rings (SSSR count). The van der Waals surface area contributed by atoms with Crippen molar-refractivity contribution < 1.29 is 9.90 Å². The Morgan fingerprint density at radius 1 is 1.46 bits per heavy atom. The van der Waals surface area contributed by atoms with Gasteiger partial charge in [-0.1, -0.05) is 0 Å². The average Bonchev–Trinajstić information content (AvgIpc) is 2.45. The zero-order valence-electron chi connectivity index (χ0n) is 7.23. The summed E-state index contributed by atoms with van der Waals surface area (Å²) < 4.78 is -0.149. The number of rotatable bonds is 1. The van der Waals surface area contributed by atoms with E-state index >= 15 is 0 Å². The minimum absolute atomic E-state index is 0.149. The highest BCUT2D eigenvalue weighted by atomic mass is 32.2. The van der Waals surface area contributed by atoms with Crippen LogP contribution in [0.3, 0.4) is 0 Å². The van der Waals surface area contributed by atoms with Gasteiger partial charge in [-0.05, 0) is 24.3 Å². The van der Waals surface area contributed by atoms with Gasteiger partial charge in [-0.2, -0.15) is 0 Å². The first-order valence-electron chi connectivity index (χ1n) is 4.44. The normalized spacial score (nSPS) is 37.9. The minimum Gasteiger partial charge on any atom is -0.376 e. The molecular formula is C8H13NO2S2. The summed E-state index contributed by atoms with van der Waals surface area (Å²) in [5.41, 5.74) is 0. The molecule has 0 radical (unpaired) electrons. The van der Waals surface area contributed by atoms with Gasteiger partial charge in [0.25, 0.3) is 0 Å². The van der Waals surface area contributed by atoms with Crippen LogP contribution in [-0.4, -0.2) is 39.2 Å². The number of hydrogen-bond donors (Lipinski definition) is 2. The summed E-state index contributed by atoms with van der Waals surface area (Å²) >= 11 is 3.58. The monoisotopic (exact) mass is 219 g/mol. The molecule has 1 spiro atoms. The maximum Gasteiger partial charge on any atom is 0.137 e. The molecule has 0 aromatic carbocycles. The van der Waals surface area contributed by atoms with Crippen molar-refractivity contribution in [2.24, 2.45) is 0 Å². The van der Waals surface area contributed by atoms with Gasteiger partial charge in [0.15, 0.2) is 0 Å². The molecule has 2 aliphatic heterocycles. The number of aliphatic hydroxyl groups excluding tert-OH is 1. The molecule has 0 amide bonds. The SMILES string of the molecule is O=C[C@@H]1CC2(SCCCS2)C(O)N1. The highest BCUT2D eigenvalue weighted by Crippen LogP contribution is 2.49. The lowest BCUT2D eigenvalue weighted by Crippen LogP contribution is -2.39. The third-order valence-corrected chi connectivity index (χ3v) is 5.89. The Hall–Kier alpha value is 0.290. The summed E-state index contributed by atoms with van der Waals surface area (Å²) in [5, 5.41) is 12.7. The van der Waals surface area contributed by atoms with E-state index in [1.807, 2.05) is 0 Å². The van der Waals surface area contributed by atoms with Crippen LogP contribution in [0.2, 0.25) is 0 Å². The van der Waals surface area contributed by atoms with E-state index in [9.17, 15) is 9.90 Å². The second-order valence-corrected chi connectivity index (χ2v) is 6.49. The maximum atomic E-state index is 10.6. The van der Waals surface area contributed by atoms with Crippen LogP contribution in [0.25, 0.3) is 0 Å². The van der Waals surface area contributed by atoms with Crippen molar-refractivity contribution in [3.8, 4) is 0 Å². The molecule has 2 saturated heterocycles. The first-order chi connectivity index (χ1) is 6.27. The number of nitrogens with one attached hydrogen (secondary N) is 1. The summed E-state index contributed by atoms with van der Waals surface area (Å²) in [4.78, 5) is 10.6. The number of carbonyl (C=O) groups is 1. The van der Waals surface area contributed by atoms with E-state index in [4.69, 9.17) is 0 Å². The van der Waals surface area contributed by atoms with Crippen LogP contribution >= 0.6 is 23.5 Å². The maximum absolute atomic E-state index is 10.6. The Balaban J connectivity index is 2.08. The highest BCUT2D eigenvalue weighted by Gasteiger charge is 2.48. The molecule has 0 bridgehead atoms. The Morgan fingerprint density at radius 2 is 2.15 bits per heavy atom. The number of aliphatic hydroxyl groups is 1. The molecule has 2 N–H and O–H groups in total. The van der Waals surface area contributed by atoms with Crippen LogP contribution in [0.4, 0.5) is 0 Å². The molecule has 13 heavy (non-hydrogen) atoms. The van der Waals surface area contributed by atoms with E-state index in [-0.39, 0.29) is 10.1 Å². The Labute approximate surface area is 86.0 Å². The quantitative estimate of drug-likeness (QED) is 0.626. The second-order valence-electron chi connectivity index (χ2n) is 3.38. The zero-order chi connectivity index (χ0) is 9.31. The van der Waals surface area contributed by atoms with Gasteiger partial charge in [-0.25, -0.2) is 0 Å². The van der Waals surface area contributed by atoms with Crippen molar-refractivity contribution in [1.82, 2.24) is 5.32 Å². The van der Waals surface area contributed by atoms with E-state index < -0.39 is 6.23 Å². The Morgan fingerprint density at radius 3 is 2.69 bits per heavy atom. The molecule has 0 aromatic rings. The predicted octanol–water partition coefficient (Wildman–Crippen LogP) is 0.432. The summed E-state index contributed by atoms with van der Waals surface area (Å²) in [7, 11) is 0. The summed E-state index contributed by atoms with van der Waals surface area (Å²) in [6.45, 7) is 0. The number of aldehydes is 1. The molecule has 0 aliphatic carbocycles. The van der Waals surface area contributed by atoms with Crippen molar-refractivity contribution in [2.45, 2.75) is 29.2 Å². The van der Waals surface area contributed by atoms with Gasteiger partial charge in [-0.15, -0.1) is 23.5 Å². The smallest absolute Gasteiger partial charge is 0.137 e. The van der Waals surface area contributed by atoms with Gasteiger partial charge in [0.05, 0.1) is 6.04 Å². The number of carbonyl (C=O) groups excluding carboxylic acids is 1. The van der Waals surface area contributed by atoms with E-state index in [0.29, 0.717) is 0 Å². The first kappa shape index (κ1) is 9.83. The topological polar surface area (TPSA) is 49.3 Å². The lowest BCUT2D eigenvalue weighted by Gasteiger charge is -2.34. The van der Waals surface area contributed by atoms with E-state index in [1.165, 1.54) is 6.42 Å². The number of hydrogen-bond acceptors (Lipinski definition) is 5. The first-order valence-corrected chi connectivity index (χ1v) is 6.41. The van der Waals surface area contributed by atoms with Crippen LogP contribution in [0.15, 0.2) is 0 Å². The van der Waals surface area contributed by atoms with Crippen LogP contribution in [0.5, 0.6) is 0 Å². The standard InChI is InChI=1S/C8H13NO2S2/c10-5-6-4-8(7(11)9-6)12-2-1-3-13-8/h5-7,9,11H,1-4H2/t6-,7?/m0/s1. The molecule has 2 heterocycles. The van der Waals surface area contributed by atoms with Gasteiger partial charge in [0.2, 0.25) is 0 Å². The largest absolute Gasteiger partial charge is 0.376 e. The van der Waals surface area contributed by atoms with Gasteiger partial charge in [-0.3, -0.25) is 5.32 Å². The fourth-order valence-corrected chi connectivity index (χ4v) is 5.09. The van der Waals surface area contributed by atoms with Crippen molar-refractivity contribution >= 4 is 29.8 Å². The van der Waals surface area contributed by atoms with Crippen molar-refractivity contribution in [3.05, 3.63) is 0 Å². The fraction of sp³-hybridized carbons (Fsp3) is 0.875. The molecular weight excluding hydrogens is 206 g/mol.